The van der Waals surface area contributed by atoms with Crippen LogP contribution in [0.5, 0.6) is 0 Å². The Morgan fingerprint density at radius 3 is 2.26 bits per heavy atom. The summed E-state index contributed by atoms with van der Waals surface area (Å²) < 4.78 is 5.71. The van der Waals surface area contributed by atoms with E-state index in [0.29, 0.717) is 28.3 Å². The Morgan fingerprint density at radius 1 is 0.941 bits per heavy atom. The zero-order chi connectivity index (χ0) is 23.7. The van der Waals surface area contributed by atoms with Crippen LogP contribution in [0.3, 0.4) is 0 Å². The first-order valence-electron chi connectivity index (χ1n) is 10.7. The van der Waals surface area contributed by atoms with Crippen molar-refractivity contribution in [3.8, 4) is 11.4 Å². The van der Waals surface area contributed by atoms with Gasteiger partial charge in [0.25, 0.3) is 5.89 Å². The largest absolute Gasteiger partial charge is 0.334 e. The second kappa shape index (κ2) is 9.33. The van der Waals surface area contributed by atoms with Gasteiger partial charge < -0.3 is 9.84 Å². The summed E-state index contributed by atoms with van der Waals surface area (Å²) in [6, 6.07) is 23.6. The number of amides is 2. The Morgan fingerprint density at radius 2 is 1.59 bits per heavy atom. The molecular weight excluding hydrogens is 471 g/mol. The molecule has 34 heavy (non-hydrogen) atoms. The monoisotopic (exact) mass is 490 g/mol. The van der Waals surface area contributed by atoms with Gasteiger partial charge in [0, 0.05) is 21.3 Å². The normalized spacial score (nSPS) is 16.0. The number of nitrogens with zero attached hydrogens (tertiary/aromatic N) is 3. The third-order valence-corrected chi connectivity index (χ3v) is 6.25. The Kier molecular flexibility index (Phi) is 6.09. The quantitative estimate of drug-likeness (QED) is 0.336. The molecule has 4 aromatic rings. The molecule has 1 aliphatic rings. The molecule has 0 saturated heterocycles. The highest BCUT2D eigenvalue weighted by Crippen LogP contribution is 2.38. The summed E-state index contributed by atoms with van der Waals surface area (Å²) >= 11 is 12.1. The molecule has 170 valence electrons. The lowest BCUT2D eigenvalue weighted by Gasteiger charge is -2.35. The second-order valence-electron chi connectivity index (χ2n) is 7.93. The van der Waals surface area contributed by atoms with Gasteiger partial charge in [-0.15, -0.1) is 0 Å². The number of nitrogens with one attached hydrogen (secondary N) is 1. The van der Waals surface area contributed by atoms with Crippen molar-refractivity contribution in [3.05, 3.63) is 112 Å². The summed E-state index contributed by atoms with van der Waals surface area (Å²) in [6.07, 6.45) is 0. The van der Waals surface area contributed by atoms with E-state index in [1.165, 1.54) is 0 Å². The number of carbonyl (C=O) groups is 1. The molecule has 0 aliphatic carbocycles. The molecule has 2 amide bonds. The minimum atomic E-state index is -0.477. The zero-order valence-corrected chi connectivity index (χ0v) is 19.7. The van der Waals surface area contributed by atoms with Crippen molar-refractivity contribution in [2.24, 2.45) is 0 Å². The van der Waals surface area contributed by atoms with Gasteiger partial charge >= 0.3 is 6.03 Å². The zero-order valence-electron chi connectivity index (χ0n) is 18.2. The number of urea groups is 1. The van der Waals surface area contributed by atoms with E-state index in [-0.39, 0.29) is 6.03 Å². The summed E-state index contributed by atoms with van der Waals surface area (Å²) in [4.78, 5) is 19.5. The smallest absolute Gasteiger partial charge is 0.322 e. The summed E-state index contributed by atoms with van der Waals surface area (Å²) in [6.45, 7) is 2.25. The summed E-state index contributed by atoms with van der Waals surface area (Å²) in [5, 5.41) is 8.54. The number of aromatic nitrogens is 2. The highest BCUT2D eigenvalue weighted by molar-refractivity contribution is 6.30. The fourth-order valence-corrected chi connectivity index (χ4v) is 4.22. The lowest BCUT2D eigenvalue weighted by molar-refractivity contribution is 0.203. The molecule has 8 heteroatoms. The number of allylic oxidation sites excluding steroid dienone is 1. The molecule has 1 aromatic heterocycles. The highest BCUT2D eigenvalue weighted by Gasteiger charge is 2.35. The van der Waals surface area contributed by atoms with E-state index in [4.69, 9.17) is 27.7 Å². The van der Waals surface area contributed by atoms with E-state index in [2.05, 4.69) is 15.5 Å². The first-order chi connectivity index (χ1) is 16.5. The van der Waals surface area contributed by atoms with Crippen LogP contribution in [-0.4, -0.2) is 21.1 Å². The maximum absolute atomic E-state index is 13.2. The molecule has 1 unspecified atom stereocenters. The van der Waals surface area contributed by atoms with Gasteiger partial charge in [0.1, 0.15) is 0 Å². The topological polar surface area (TPSA) is 71.3 Å². The number of carbonyl (C=O) groups excluding carboxylic acids is 1. The lowest BCUT2D eigenvalue weighted by atomic mass is 9.94. The number of halogens is 2. The number of hydrogen-bond acceptors (Lipinski definition) is 4. The van der Waals surface area contributed by atoms with Gasteiger partial charge in [-0.1, -0.05) is 83.0 Å². The van der Waals surface area contributed by atoms with Gasteiger partial charge in [0.15, 0.2) is 0 Å². The fraction of sp³-hybridized carbons (Fsp3) is 0.115. The highest BCUT2D eigenvalue weighted by atomic mass is 35.5. The fourth-order valence-electron chi connectivity index (χ4n) is 3.96. The van der Waals surface area contributed by atoms with E-state index in [1.54, 1.807) is 29.2 Å². The molecule has 1 aliphatic heterocycles. The third kappa shape index (κ3) is 4.42. The van der Waals surface area contributed by atoms with Crippen LogP contribution in [0, 0.1) is 0 Å². The van der Waals surface area contributed by atoms with Crippen LogP contribution in [-0.2, 0) is 6.54 Å². The molecule has 0 radical (unpaired) electrons. The molecule has 0 bridgehead atoms. The molecule has 0 saturated carbocycles. The van der Waals surface area contributed by atoms with Crippen molar-refractivity contribution in [1.29, 1.82) is 0 Å². The summed E-state index contributed by atoms with van der Waals surface area (Å²) in [7, 11) is 0. The van der Waals surface area contributed by atoms with Gasteiger partial charge in [-0.05, 0) is 42.3 Å². The number of rotatable bonds is 5. The second-order valence-corrected chi connectivity index (χ2v) is 8.81. The molecule has 0 spiro atoms. The van der Waals surface area contributed by atoms with Crippen LogP contribution in [0.15, 0.2) is 89.1 Å². The molecule has 5 rings (SSSR count). The van der Waals surface area contributed by atoms with E-state index in [1.807, 2.05) is 61.5 Å². The maximum Gasteiger partial charge on any atom is 0.322 e. The molecule has 0 fully saturated rings. The first kappa shape index (κ1) is 22.2. The Bertz CT molecular complexity index is 1350. The molecule has 6 nitrogen and oxygen atoms in total. The summed E-state index contributed by atoms with van der Waals surface area (Å²) in [5.74, 6) is 0.823. The predicted octanol–water partition coefficient (Wildman–Crippen LogP) is 6.74. The van der Waals surface area contributed by atoms with Gasteiger partial charge in [-0.25, -0.2) is 4.79 Å². The Hall–Kier alpha value is -3.61. The SMILES string of the molecule is CC1=C(c2nc(-c3ccccc3)no2)C(c2ccc(Cl)cc2)NC(=O)N1Cc1ccc(Cl)cc1. The predicted molar refractivity (Wildman–Crippen MR) is 132 cm³/mol. The van der Waals surface area contributed by atoms with Gasteiger partial charge in [0.2, 0.25) is 5.82 Å². The van der Waals surface area contributed by atoms with Crippen molar-refractivity contribution in [2.75, 3.05) is 0 Å². The van der Waals surface area contributed by atoms with Crippen LogP contribution < -0.4 is 5.32 Å². The van der Waals surface area contributed by atoms with E-state index in [9.17, 15) is 4.79 Å². The van der Waals surface area contributed by atoms with E-state index < -0.39 is 6.04 Å². The van der Waals surface area contributed by atoms with Gasteiger partial charge in [-0.3, -0.25) is 4.90 Å². The van der Waals surface area contributed by atoms with Gasteiger partial charge in [-0.2, -0.15) is 4.98 Å². The average molecular weight is 491 g/mol. The molecule has 1 N–H and O–H groups in total. The molecule has 1 atom stereocenters. The average Bonchev–Trinajstić information content (AvgIpc) is 3.33. The summed E-state index contributed by atoms with van der Waals surface area (Å²) in [5.41, 5.74) is 4.10. The standard InChI is InChI=1S/C26H20Cl2N4O2/c1-16-22(25-30-24(31-34-25)19-5-3-2-4-6-19)23(18-9-13-21(28)14-10-18)29-26(33)32(16)15-17-7-11-20(27)12-8-17/h2-14,23H,15H2,1H3,(H,29,33). The van der Waals surface area contributed by atoms with Crippen LogP contribution in [0.2, 0.25) is 10.0 Å². The Balaban J connectivity index is 1.59. The van der Waals surface area contributed by atoms with Crippen LogP contribution in [0.4, 0.5) is 4.79 Å². The van der Waals surface area contributed by atoms with Gasteiger partial charge in [0.05, 0.1) is 18.2 Å². The van der Waals surface area contributed by atoms with E-state index >= 15 is 0 Å². The van der Waals surface area contributed by atoms with E-state index in [0.717, 1.165) is 28.0 Å². The maximum atomic E-state index is 13.2. The van der Waals surface area contributed by atoms with Crippen molar-refractivity contribution in [2.45, 2.75) is 19.5 Å². The van der Waals surface area contributed by atoms with Crippen LogP contribution in [0.1, 0.15) is 30.0 Å². The molecule has 2 heterocycles. The van der Waals surface area contributed by atoms with Crippen molar-refractivity contribution >= 4 is 34.8 Å². The van der Waals surface area contributed by atoms with Crippen molar-refractivity contribution < 1.29 is 9.32 Å². The molecule has 3 aromatic carbocycles. The first-order valence-corrected chi connectivity index (χ1v) is 11.4. The number of hydrogen-bond donors (Lipinski definition) is 1. The van der Waals surface area contributed by atoms with Crippen molar-refractivity contribution in [1.82, 2.24) is 20.4 Å². The lowest BCUT2D eigenvalue weighted by Crippen LogP contribution is -2.45. The van der Waals surface area contributed by atoms with Crippen molar-refractivity contribution in [3.63, 3.8) is 0 Å². The van der Waals surface area contributed by atoms with Crippen LogP contribution in [0.25, 0.3) is 17.0 Å². The minimum absolute atomic E-state index is 0.223. The molecular formula is C26H20Cl2N4O2. The Labute approximate surface area is 206 Å². The minimum Gasteiger partial charge on any atom is -0.334 e. The third-order valence-electron chi connectivity index (χ3n) is 5.74. The van der Waals surface area contributed by atoms with Crippen LogP contribution >= 0.6 is 23.2 Å². The number of benzene rings is 3.